The summed E-state index contributed by atoms with van der Waals surface area (Å²) in [5.74, 6) is 0.627. The zero-order chi connectivity index (χ0) is 19.9. The van der Waals surface area contributed by atoms with Crippen LogP contribution in [0.1, 0.15) is 65.2 Å². The number of carbonyl (C=O) groups excluding carboxylic acids is 1. The van der Waals surface area contributed by atoms with Crippen LogP contribution >= 0.6 is 0 Å². The quantitative estimate of drug-likeness (QED) is 0.599. The van der Waals surface area contributed by atoms with E-state index in [4.69, 9.17) is 4.74 Å². The standard InChI is InChI=1S/C23H34O5/c1-21-7-5-15(24)10-14(21)3-4-17-16(21)6-8-22(2)20(13-9-19(26)28-12-13)18(25)11-23(17,22)27/h9,14-18,20,24-25,27H,3-8,10-12H2,1-2H3/t14-,15+,16+,17+,18+,20-,21+,22+,23+/m1/s1. The number of rotatable bonds is 1. The van der Waals surface area contributed by atoms with E-state index in [2.05, 4.69) is 13.8 Å². The smallest absolute Gasteiger partial charge is 0.331 e. The van der Waals surface area contributed by atoms with E-state index in [1.807, 2.05) is 0 Å². The molecule has 0 saturated heterocycles. The zero-order valence-corrected chi connectivity index (χ0v) is 17.1. The number of aliphatic hydroxyl groups excluding tert-OH is 2. The van der Waals surface area contributed by atoms with Gasteiger partial charge in [-0.15, -0.1) is 0 Å². The SMILES string of the molecule is C[C@]12CC[C@H](O)C[C@H]1CC[C@H]1[C@@H]2CC[C@@]2(C)[C@H](C3=CC(=O)OC3)[C@@H](O)C[C@]12O. The number of ether oxygens (including phenoxy) is 1. The van der Waals surface area contributed by atoms with Gasteiger partial charge in [0.15, 0.2) is 0 Å². The third-order valence-corrected chi connectivity index (χ3v) is 9.92. The molecule has 9 atom stereocenters. The highest BCUT2D eigenvalue weighted by Crippen LogP contribution is 2.69. The van der Waals surface area contributed by atoms with Gasteiger partial charge in [-0.05, 0) is 73.7 Å². The lowest BCUT2D eigenvalue weighted by Crippen LogP contribution is -2.62. The third-order valence-electron chi connectivity index (χ3n) is 9.92. The molecule has 1 aliphatic heterocycles. The van der Waals surface area contributed by atoms with E-state index in [1.165, 1.54) is 6.08 Å². The Morgan fingerprint density at radius 2 is 1.86 bits per heavy atom. The van der Waals surface area contributed by atoms with Crippen molar-refractivity contribution >= 4 is 5.97 Å². The summed E-state index contributed by atoms with van der Waals surface area (Å²) in [4.78, 5) is 11.7. The van der Waals surface area contributed by atoms with Gasteiger partial charge >= 0.3 is 5.97 Å². The van der Waals surface area contributed by atoms with E-state index in [-0.39, 0.29) is 35.9 Å². The van der Waals surface area contributed by atoms with Crippen LogP contribution in [0.5, 0.6) is 0 Å². The Morgan fingerprint density at radius 1 is 1.07 bits per heavy atom. The van der Waals surface area contributed by atoms with Crippen LogP contribution in [0.25, 0.3) is 0 Å². The first-order valence-corrected chi connectivity index (χ1v) is 11.1. The second-order valence-electron chi connectivity index (χ2n) is 10.9. The monoisotopic (exact) mass is 390 g/mol. The second-order valence-corrected chi connectivity index (χ2v) is 10.9. The highest BCUT2D eigenvalue weighted by atomic mass is 16.5. The molecular weight excluding hydrogens is 356 g/mol. The molecule has 0 bridgehead atoms. The van der Waals surface area contributed by atoms with Gasteiger partial charge in [-0.25, -0.2) is 4.79 Å². The van der Waals surface area contributed by atoms with Crippen LogP contribution in [0.2, 0.25) is 0 Å². The molecule has 0 aromatic heterocycles. The van der Waals surface area contributed by atoms with Crippen LogP contribution in [0.4, 0.5) is 0 Å². The van der Waals surface area contributed by atoms with Crippen LogP contribution in [-0.2, 0) is 9.53 Å². The van der Waals surface area contributed by atoms with Gasteiger partial charge in [-0.1, -0.05) is 13.8 Å². The molecule has 0 amide bonds. The predicted molar refractivity (Wildman–Crippen MR) is 103 cm³/mol. The van der Waals surface area contributed by atoms with Gasteiger partial charge in [0.2, 0.25) is 0 Å². The van der Waals surface area contributed by atoms with E-state index in [1.54, 1.807) is 0 Å². The van der Waals surface area contributed by atoms with Gasteiger partial charge in [0.05, 0.1) is 17.8 Å². The van der Waals surface area contributed by atoms with E-state index < -0.39 is 17.1 Å². The predicted octanol–water partition coefficient (Wildman–Crippen LogP) is 2.58. The normalized spacial score (nSPS) is 55.8. The van der Waals surface area contributed by atoms with Gasteiger partial charge in [0, 0.05) is 23.8 Å². The molecule has 5 aliphatic rings. The molecule has 28 heavy (non-hydrogen) atoms. The number of fused-ring (bicyclic) bond motifs is 5. The molecule has 1 heterocycles. The van der Waals surface area contributed by atoms with Crippen molar-refractivity contribution in [2.45, 2.75) is 83.0 Å². The maximum Gasteiger partial charge on any atom is 0.331 e. The maximum atomic E-state index is 12.1. The van der Waals surface area contributed by atoms with Crippen molar-refractivity contribution in [3.05, 3.63) is 11.6 Å². The first kappa shape index (κ1) is 19.1. The molecular formula is C23H34O5. The fourth-order valence-electron chi connectivity index (χ4n) is 8.47. The molecule has 3 N–H and O–H groups in total. The zero-order valence-electron chi connectivity index (χ0n) is 17.1. The Bertz CT molecular complexity index is 718. The molecule has 4 aliphatic carbocycles. The molecule has 0 spiro atoms. The van der Waals surface area contributed by atoms with Crippen molar-refractivity contribution in [3.8, 4) is 0 Å². The van der Waals surface area contributed by atoms with Crippen molar-refractivity contribution in [3.63, 3.8) is 0 Å². The number of cyclic esters (lactones) is 1. The lowest BCUT2D eigenvalue weighted by molar-refractivity contribution is -0.208. The topological polar surface area (TPSA) is 87.0 Å². The molecule has 156 valence electrons. The minimum atomic E-state index is -0.906. The van der Waals surface area contributed by atoms with E-state index in [0.29, 0.717) is 18.3 Å². The molecule has 5 heteroatoms. The molecule has 0 radical (unpaired) electrons. The van der Waals surface area contributed by atoms with Crippen molar-refractivity contribution in [1.29, 1.82) is 0 Å². The molecule has 5 nitrogen and oxygen atoms in total. The van der Waals surface area contributed by atoms with Crippen LogP contribution < -0.4 is 0 Å². The van der Waals surface area contributed by atoms with E-state index >= 15 is 0 Å². The summed E-state index contributed by atoms with van der Waals surface area (Å²) in [7, 11) is 0. The van der Waals surface area contributed by atoms with Crippen LogP contribution in [0.3, 0.4) is 0 Å². The van der Waals surface area contributed by atoms with Gasteiger partial charge in [0.25, 0.3) is 0 Å². The van der Waals surface area contributed by atoms with Gasteiger partial charge in [-0.3, -0.25) is 0 Å². The minimum Gasteiger partial charge on any atom is -0.458 e. The highest BCUT2D eigenvalue weighted by molar-refractivity contribution is 5.85. The fourth-order valence-corrected chi connectivity index (χ4v) is 8.47. The minimum absolute atomic E-state index is 0.170. The summed E-state index contributed by atoms with van der Waals surface area (Å²) in [6, 6.07) is 0. The lowest BCUT2D eigenvalue weighted by atomic mass is 9.43. The summed E-state index contributed by atoms with van der Waals surface area (Å²) < 4.78 is 5.14. The van der Waals surface area contributed by atoms with Crippen LogP contribution in [0.15, 0.2) is 11.6 Å². The highest BCUT2D eigenvalue weighted by Gasteiger charge is 2.70. The summed E-state index contributed by atoms with van der Waals surface area (Å²) in [5.41, 5.74) is -0.301. The molecule has 4 saturated carbocycles. The van der Waals surface area contributed by atoms with E-state index in [0.717, 1.165) is 50.5 Å². The average molecular weight is 391 g/mol. The molecule has 4 fully saturated rings. The Labute approximate surface area is 167 Å². The number of hydrogen-bond acceptors (Lipinski definition) is 5. The summed E-state index contributed by atoms with van der Waals surface area (Å²) in [6.07, 6.45) is 7.87. The van der Waals surface area contributed by atoms with Crippen molar-refractivity contribution in [2.24, 2.45) is 34.5 Å². The first-order valence-electron chi connectivity index (χ1n) is 11.1. The fraction of sp³-hybridized carbons (Fsp3) is 0.870. The molecule has 0 aromatic carbocycles. The summed E-state index contributed by atoms with van der Waals surface area (Å²) in [5, 5.41) is 33.3. The number of esters is 1. The Morgan fingerprint density at radius 3 is 2.57 bits per heavy atom. The Kier molecular flexibility index (Phi) is 4.12. The second kappa shape index (κ2) is 6.05. The van der Waals surface area contributed by atoms with Gasteiger partial charge < -0.3 is 20.1 Å². The Balaban J connectivity index is 1.50. The van der Waals surface area contributed by atoms with Gasteiger partial charge in [-0.2, -0.15) is 0 Å². The molecule has 0 unspecified atom stereocenters. The van der Waals surface area contributed by atoms with Crippen molar-refractivity contribution < 1.29 is 24.9 Å². The van der Waals surface area contributed by atoms with Crippen molar-refractivity contribution in [2.75, 3.05) is 6.61 Å². The number of hydrogen-bond donors (Lipinski definition) is 3. The molecule has 5 rings (SSSR count). The molecule has 0 aromatic rings. The maximum absolute atomic E-state index is 12.1. The van der Waals surface area contributed by atoms with Crippen LogP contribution in [0, 0.1) is 34.5 Å². The van der Waals surface area contributed by atoms with Gasteiger partial charge in [0.1, 0.15) is 6.61 Å². The third kappa shape index (κ3) is 2.33. The summed E-state index contributed by atoms with van der Waals surface area (Å²) >= 11 is 0. The largest absolute Gasteiger partial charge is 0.458 e. The van der Waals surface area contributed by atoms with E-state index in [9.17, 15) is 20.1 Å². The lowest BCUT2D eigenvalue weighted by Gasteiger charge is -2.63. The average Bonchev–Trinajstić information content (AvgIpc) is 3.13. The van der Waals surface area contributed by atoms with Crippen LogP contribution in [-0.4, -0.2) is 45.7 Å². The summed E-state index contributed by atoms with van der Waals surface area (Å²) in [6.45, 7) is 4.77. The first-order chi connectivity index (χ1) is 13.2. The number of carbonyl (C=O) groups is 1. The number of aliphatic hydroxyl groups is 3. The Hall–Kier alpha value is -0.910. The van der Waals surface area contributed by atoms with Crippen molar-refractivity contribution in [1.82, 2.24) is 0 Å².